The van der Waals surface area contributed by atoms with Crippen LogP contribution in [-0.2, 0) is 14.3 Å². The largest absolute Gasteiger partial charge is 0.490 e. The van der Waals surface area contributed by atoms with Crippen LogP contribution in [0, 0.1) is 0 Å². The molecule has 9 heteroatoms. The first kappa shape index (κ1) is 18.0. The van der Waals surface area contributed by atoms with E-state index in [1.54, 1.807) is 0 Å². The van der Waals surface area contributed by atoms with Crippen LogP contribution in [0.5, 0.6) is 0 Å². The molecule has 3 aliphatic rings. The van der Waals surface area contributed by atoms with Gasteiger partial charge in [-0.2, -0.15) is 13.2 Å². The number of morpholine rings is 1. The molecule has 1 amide bonds. The Morgan fingerprint density at radius 2 is 1.83 bits per heavy atom. The predicted octanol–water partition coefficient (Wildman–Crippen LogP) is 1.15. The van der Waals surface area contributed by atoms with Gasteiger partial charge in [-0.25, -0.2) is 4.79 Å². The second-order valence-electron chi connectivity index (χ2n) is 6.15. The smallest absolute Gasteiger partial charge is 0.475 e. The summed E-state index contributed by atoms with van der Waals surface area (Å²) < 4.78 is 38.0. The SMILES string of the molecule is CCN1CC2(CCNCC2)OC2(CC2)C1=O.O=C(O)C(F)(F)F. The molecule has 2 saturated heterocycles. The lowest BCUT2D eigenvalue weighted by Gasteiger charge is -2.48. The van der Waals surface area contributed by atoms with Crippen LogP contribution in [0.4, 0.5) is 13.2 Å². The van der Waals surface area contributed by atoms with Gasteiger partial charge in [0.1, 0.15) is 5.60 Å². The maximum absolute atomic E-state index is 12.2. The Bertz CT molecular complexity index is 471. The minimum atomic E-state index is -5.08. The summed E-state index contributed by atoms with van der Waals surface area (Å²) in [6, 6.07) is 0. The Labute approximate surface area is 132 Å². The standard InChI is InChI=1S/C12H20N2O2.C2HF3O2/c1-2-14-9-11(5-7-13-8-6-11)16-12(3-4-12)10(14)15;3-2(4,5)1(6)7/h13H,2-9H2,1H3;(H,6,7). The average Bonchev–Trinajstić information content (AvgIpc) is 3.24. The fourth-order valence-corrected chi connectivity index (χ4v) is 3.03. The Morgan fingerprint density at radius 1 is 1.30 bits per heavy atom. The molecule has 0 aromatic heterocycles. The first-order chi connectivity index (χ1) is 10.6. The van der Waals surface area contributed by atoms with E-state index >= 15 is 0 Å². The number of carbonyl (C=O) groups is 2. The van der Waals surface area contributed by atoms with E-state index < -0.39 is 17.7 Å². The summed E-state index contributed by atoms with van der Waals surface area (Å²) >= 11 is 0. The summed E-state index contributed by atoms with van der Waals surface area (Å²) in [5, 5.41) is 10.5. The molecule has 0 aromatic carbocycles. The molecule has 2 aliphatic heterocycles. The van der Waals surface area contributed by atoms with Crippen molar-refractivity contribution in [2.75, 3.05) is 26.2 Å². The number of aliphatic carboxylic acids is 1. The molecule has 23 heavy (non-hydrogen) atoms. The molecule has 0 atom stereocenters. The van der Waals surface area contributed by atoms with Crippen molar-refractivity contribution < 1.29 is 32.6 Å². The topological polar surface area (TPSA) is 78.9 Å². The molecule has 0 bridgehead atoms. The van der Waals surface area contributed by atoms with Crippen LogP contribution in [-0.4, -0.2) is 65.4 Å². The summed E-state index contributed by atoms with van der Waals surface area (Å²) in [5.41, 5.74) is -0.461. The summed E-state index contributed by atoms with van der Waals surface area (Å²) in [6.07, 6.45) is -1.15. The van der Waals surface area contributed by atoms with Crippen LogP contribution in [0.1, 0.15) is 32.6 Å². The quantitative estimate of drug-likeness (QED) is 0.750. The number of alkyl halides is 3. The maximum atomic E-state index is 12.2. The molecule has 2 heterocycles. The number of piperidine rings is 1. The second kappa shape index (κ2) is 6.27. The van der Waals surface area contributed by atoms with Crippen molar-refractivity contribution in [2.45, 2.75) is 50.0 Å². The van der Waals surface area contributed by atoms with Crippen molar-refractivity contribution >= 4 is 11.9 Å². The highest BCUT2D eigenvalue weighted by Crippen LogP contribution is 2.49. The van der Waals surface area contributed by atoms with Crippen molar-refractivity contribution in [2.24, 2.45) is 0 Å². The zero-order valence-electron chi connectivity index (χ0n) is 12.9. The van der Waals surface area contributed by atoms with Crippen molar-refractivity contribution in [3.8, 4) is 0 Å². The van der Waals surface area contributed by atoms with Crippen LogP contribution in [0.3, 0.4) is 0 Å². The van der Waals surface area contributed by atoms with Gasteiger partial charge in [0.25, 0.3) is 5.91 Å². The average molecular weight is 338 g/mol. The van der Waals surface area contributed by atoms with Gasteiger partial charge in [0.15, 0.2) is 0 Å². The highest BCUT2D eigenvalue weighted by atomic mass is 19.4. The molecule has 2 N–H and O–H groups in total. The van der Waals surface area contributed by atoms with Crippen LogP contribution >= 0.6 is 0 Å². The monoisotopic (exact) mass is 338 g/mol. The van der Waals surface area contributed by atoms with Gasteiger partial charge < -0.3 is 20.1 Å². The highest BCUT2D eigenvalue weighted by Gasteiger charge is 2.61. The molecule has 1 aliphatic carbocycles. The lowest BCUT2D eigenvalue weighted by Crippen LogP contribution is -2.62. The van der Waals surface area contributed by atoms with Gasteiger partial charge in [-0.05, 0) is 45.7 Å². The Hall–Kier alpha value is -1.35. The second-order valence-corrected chi connectivity index (χ2v) is 6.15. The molecule has 0 radical (unpaired) electrons. The molecule has 0 aromatic rings. The van der Waals surface area contributed by atoms with E-state index in [1.807, 2.05) is 4.90 Å². The van der Waals surface area contributed by atoms with E-state index in [9.17, 15) is 18.0 Å². The number of halogens is 3. The fourth-order valence-electron chi connectivity index (χ4n) is 3.03. The molecule has 132 valence electrons. The lowest BCUT2D eigenvalue weighted by molar-refractivity contribution is -0.195. The van der Waals surface area contributed by atoms with Crippen LogP contribution in [0.15, 0.2) is 0 Å². The lowest BCUT2D eigenvalue weighted by atomic mass is 9.89. The van der Waals surface area contributed by atoms with Gasteiger partial charge in [-0.1, -0.05) is 0 Å². The maximum Gasteiger partial charge on any atom is 0.490 e. The number of carbonyl (C=O) groups excluding carboxylic acids is 1. The van der Waals surface area contributed by atoms with Gasteiger partial charge >= 0.3 is 12.1 Å². The van der Waals surface area contributed by atoms with Crippen molar-refractivity contribution in [1.29, 1.82) is 0 Å². The molecule has 6 nitrogen and oxygen atoms in total. The predicted molar refractivity (Wildman–Crippen MR) is 73.8 cm³/mol. The Balaban J connectivity index is 0.000000236. The molecular formula is C14H21F3N2O4. The number of nitrogens with one attached hydrogen (secondary N) is 1. The van der Waals surface area contributed by atoms with E-state index in [0.29, 0.717) is 0 Å². The normalized spacial score (nSPS) is 25.0. The van der Waals surface area contributed by atoms with E-state index in [2.05, 4.69) is 12.2 Å². The number of rotatable bonds is 1. The van der Waals surface area contributed by atoms with Crippen LogP contribution < -0.4 is 5.32 Å². The number of likely N-dealkylation sites (N-methyl/N-ethyl adjacent to an activating group) is 1. The zero-order chi connectivity index (χ0) is 17.3. The number of carboxylic acids is 1. The highest BCUT2D eigenvalue weighted by molar-refractivity contribution is 5.89. The first-order valence-corrected chi connectivity index (χ1v) is 7.65. The number of hydrogen-bond donors (Lipinski definition) is 2. The van der Waals surface area contributed by atoms with Gasteiger partial charge in [0.05, 0.1) is 5.60 Å². The van der Waals surface area contributed by atoms with E-state index in [1.165, 1.54) is 0 Å². The molecule has 2 spiro atoms. The molecular weight excluding hydrogens is 317 g/mol. The third-order valence-electron chi connectivity index (χ3n) is 4.41. The summed E-state index contributed by atoms with van der Waals surface area (Å²) in [6.45, 7) is 5.71. The molecule has 0 unspecified atom stereocenters. The summed E-state index contributed by atoms with van der Waals surface area (Å²) in [7, 11) is 0. The third kappa shape index (κ3) is 3.95. The van der Waals surface area contributed by atoms with E-state index in [0.717, 1.165) is 51.9 Å². The number of amides is 1. The van der Waals surface area contributed by atoms with E-state index in [-0.39, 0.29) is 11.5 Å². The minimum absolute atomic E-state index is 0.0499. The summed E-state index contributed by atoms with van der Waals surface area (Å²) in [5.74, 6) is -2.52. The number of carboxylic acid groups (broad SMARTS) is 1. The third-order valence-corrected chi connectivity index (χ3v) is 4.41. The zero-order valence-corrected chi connectivity index (χ0v) is 12.9. The van der Waals surface area contributed by atoms with E-state index in [4.69, 9.17) is 14.6 Å². The van der Waals surface area contributed by atoms with Crippen LogP contribution in [0.25, 0.3) is 0 Å². The van der Waals surface area contributed by atoms with Crippen molar-refractivity contribution in [3.63, 3.8) is 0 Å². The fraction of sp³-hybridized carbons (Fsp3) is 0.857. The van der Waals surface area contributed by atoms with Crippen LogP contribution in [0.2, 0.25) is 0 Å². The van der Waals surface area contributed by atoms with Crippen molar-refractivity contribution in [1.82, 2.24) is 10.2 Å². The molecule has 3 rings (SSSR count). The Kier molecular flexibility index (Phi) is 4.91. The summed E-state index contributed by atoms with van der Waals surface area (Å²) in [4.78, 5) is 23.0. The number of hydrogen-bond acceptors (Lipinski definition) is 4. The number of ether oxygens (including phenoxy) is 1. The van der Waals surface area contributed by atoms with Gasteiger partial charge in [-0.3, -0.25) is 4.79 Å². The number of nitrogens with zero attached hydrogens (tertiary/aromatic N) is 1. The van der Waals surface area contributed by atoms with Gasteiger partial charge in [0, 0.05) is 13.1 Å². The molecule has 1 saturated carbocycles. The van der Waals surface area contributed by atoms with Gasteiger partial charge in [-0.15, -0.1) is 0 Å². The Morgan fingerprint density at radius 3 is 2.22 bits per heavy atom. The van der Waals surface area contributed by atoms with Crippen molar-refractivity contribution in [3.05, 3.63) is 0 Å². The minimum Gasteiger partial charge on any atom is -0.475 e. The molecule has 3 fully saturated rings. The van der Waals surface area contributed by atoms with Gasteiger partial charge in [0.2, 0.25) is 0 Å². The first-order valence-electron chi connectivity index (χ1n) is 7.65.